The van der Waals surface area contributed by atoms with E-state index >= 15 is 0 Å². The third-order valence-corrected chi connectivity index (χ3v) is 4.04. The van der Waals surface area contributed by atoms with E-state index in [0.717, 1.165) is 0 Å². The zero-order chi connectivity index (χ0) is 17.5. The Balaban J connectivity index is 3.30. The number of benzene rings is 1. The van der Waals surface area contributed by atoms with Gasteiger partial charge >= 0.3 is 5.97 Å². The van der Waals surface area contributed by atoms with E-state index in [2.05, 4.69) is 4.40 Å². The average Bonchev–Trinajstić information content (AvgIpc) is 2.50. The van der Waals surface area contributed by atoms with E-state index in [1.165, 1.54) is 7.11 Å². The molecule has 1 atom stereocenters. The van der Waals surface area contributed by atoms with Crippen molar-refractivity contribution in [3.05, 3.63) is 29.8 Å². The summed E-state index contributed by atoms with van der Waals surface area (Å²) in [5.41, 5.74) is 0.396. The summed E-state index contributed by atoms with van der Waals surface area (Å²) in [5, 5.41) is 0. The number of hydrogen-bond acceptors (Lipinski definition) is 6. The Morgan fingerprint density at radius 2 is 1.96 bits per heavy atom. The fourth-order valence-electron chi connectivity index (χ4n) is 1.53. The van der Waals surface area contributed by atoms with Gasteiger partial charge in [0.2, 0.25) is 5.71 Å². The Morgan fingerprint density at radius 1 is 1.30 bits per heavy atom. The van der Waals surface area contributed by atoms with Crippen LogP contribution in [0.25, 0.3) is 0 Å². The number of nitrogens with zero attached hydrogens (tertiary/aromatic N) is 1. The molecule has 7 heteroatoms. The van der Waals surface area contributed by atoms with Crippen LogP contribution in [-0.2, 0) is 25.6 Å². The molecule has 0 aliphatic carbocycles. The van der Waals surface area contributed by atoms with Crippen LogP contribution in [0, 0.1) is 0 Å². The molecule has 1 rings (SSSR count). The van der Waals surface area contributed by atoms with Crippen molar-refractivity contribution >= 4 is 23.0 Å². The molecule has 128 valence electrons. The number of hydrogen-bond donors (Lipinski definition) is 0. The first kappa shape index (κ1) is 19.5. The van der Waals surface area contributed by atoms with Gasteiger partial charge < -0.3 is 18.8 Å². The lowest BCUT2D eigenvalue weighted by atomic mass is 10.1. The van der Waals surface area contributed by atoms with Crippen LogP contribution >= 0.6 is 0 Å². The lowest BCUT2D eigenvalue weighted by Gasteiger charge is -2.19. The molecule has 0 heterocycles. The van der Waals surface area contributed by atoms with Crippen molar-refractivity contribution in [2.75, 3.05) is 20.5 Å². The second kappa shape index (κ2) is 8.90. The van der Waals surface area contributed by atoms with Gasteiger partial charge in [0.25, 0.3) is 0 Å². The Morgan fingerprint density at radius 3 is 2.52 bits per heavy atom. The van der Waals surface area contributed by atoms with Gasteiger partial charge in [0.05, 0.1) is 12.2 Å². The summed E-state index contributed by atoms with van der Waals surface area (Å²) < 4.78 is 31.2. The minimum absolute atomic E-state index is 0.0215. The minimum atomic E-state index is -1.61. The van der Waals surface area contributed by atoms with Crippen molar-refractivity contribution < 1.29 is 23.6 Å². The van der Waals surface area contributed by atoms with Crippen molar-refractivity contribution in [1.29, 1.82) is 0 Å². The molecule has 1 aromatic rings. The number of esters is 1. The summed E-state index contributed by atoms with van der Waals surface area (Å²) in [6.45, 7) is 7.26. The monoisotopic (exact) mass is 341 g/mol. The van der Waals surface area contributed by atoms with Gasteiger partial charge in [-0.05, 0) is 39.8 Å². The number of para-hydroxylation sites is 1. The molecule has 1 unspecified atom stereocenters. The summed E-state index contributed by atoms with van der Waals surface area (Å²) in [6, 6.07) is 6.85. The highest BCUT2D eigenvalue weighted by atomic mass is 32.2. The van der Waals surface area contributed by atoms with Gasteiger partial charge in [-0.15, -0.1) is 0 Å². The molecule has 0 saturated carbocycles. The zero-order valence-corrected chi connectivity index (χ0v) is 14.9. The van der Waals surface area contributed by atoms with Crippen LogP contribution in [0.4, 0.5) is 0 Å². The highest BCUT2D eigenvalue weighted by Gasteiger charge is 2.31. The molecule has 0 fully saturated rings. The fraction of sp³-hybridized carbons (Fsp3) is 0.500. The van der Waals surface area contributed by atoms with Crippen molar-refractivity contribution in [2.24, 2.45) is 4.40 Å². The molecule has 23 heavy (non-hydrogen) atoms. The highest BCUT2D eigenvalue weighted by Crippen LogP contribution is 2.23. The third-order valence-electron chi connectivity index (χ3n) is 2.64. The molecule has 0 saturated heterocycles. The second-order valence-corrected chi connectivity index (χ2v) is 7.47. The second-order valence-electron chi connectivity index (χ2n) is 5.57. The van der Waals surface area contributed by atoms with Gasteiger partial charge in [0, 0.05) is 7.11 Å². The van der Waals surface area contributed by atoms with Crippen LogP contribution in [0.15, 0.2) is 28.7 Å². The van der Waals surface area contributed by atoms with Gasteiger partial charge in [-0.1, -0.05) is 16.5 Å². The van der Waals surface area contributed by atoms with Crippen molar-refractivity contribution in [3.8, 4) is 5.75 Å². The number of methoxy groups -OCH3 is 1. The smallest absolute Gasteiger partial charge is 0.362 e. The van der Waals surface area contributed by atoms with Crippen LogP contribution in [0.5, 0.6) is 5.75 Å². The number of ether oxygens (including phenoxy) is 3. The van der Waals surface area contributed by atoms with Crippen molar-refractivity contribution in [2.45, 2.75) is 32.4 Å². The Labute approximate surface area is 140 Å². The minimum Gasteiger partial charge on any atom is -0.591 e. The lowest BCUT2D eigenvalue weighted by Crippen LogP contribution is -2.29. The van der Waals surface area contributed by atoms with Gasteiger partial charge in [0.1, 0.15) is 21.9 Å². The molecular formula is C16H23NO5S. The van der Waals surface area contributed by atoms with Gasteiger partial charge in [-0.25, -0.2) is 4.79 Å². The summed E-state index contributed by atoms with van der Waals surface area (Å²) in [6.07, 6.45) is 0. The topological polar surface area (TPSA) is 80.2 Å². The molecule has 0 aliphatic heterocycles. The van der Waals surface area contributed by atoms with E-state index in [0.29, 0.717) is 11.3 Å². The largest absolute Gasteiger partial charge is 0.591 e. The summed E-state index contributed by atoms with van der Waals surface area (Å²) in [4.78, 5) is 12.3. The first-order chi connectivity index (χ1) is 10.8. The summed E-state index contributed by atoms with van der Waals surface area (Å²) in [7, 11) is 1.50. The Bertz CT molecular complexity index is 554. The first-order valence-corrected chi connectivity index (χ1v) is 8.30. The molecule has 0 spiro atoms. The molecule has 1 aromatic carbocycles. The van der Waals surface area contributed by atoms with Gasteiger partial charge in [0.15, 0.2) is 6.79 Å². The first-order valence-electron chi connectivity index (χ1n) is 7.20. The van der Waals surface area contributed by atoms with Gasteiger partial charge in [-0.3, -0.25) is 0 Å². The lowest BCUT2D eigenvalue weighted by molar-refractivity contribution is -0.134. The number of rotatable bonds is 7. The van der Waals surface area contributed by atoms with E-state index in [1.54, 1.807) is 52.0 Å². The standard InChI is InChI=1S/C16H23NO5S/c1-6-21-15(18)14(17-23(19)16(2,3)4)12-9-7-8-10-13(12)22-11-20-5/h7-10H,6,11H2,1-5H3/b17-14-. The quantitative estimate of drug-likeness (QED) is 0.329. The molecule has 0 bridgehead atoms. The van der Waals surface area contributed by atoms with Crippen LogP contribution in [-0.4, -0.2) is 41.5 Å². The predicted octanol–water partition coefficient (Wildman–Crippen LogP) is 2.48. The van der Waals surface area contributed by atoms with E-state index in [1.807, 2.05) is 0 Å². The molecule has 0 radical (unpaired) electrons. The fourth-order valence-corrected chi connectivity index (χ4v) is 2.14. The van der Waals surface area contributed by atoms with E-state index in [9.17, 15) is 9.35 Å². The molecule has 0 aliphatic rings. The highest BCUT2D eigenvalue weighted by molar-refractivity contribution is 7.91. The van der Waals surface area contributed by atoms with Crippen molar-refractivity contribution in [3.63, 3.8) is 0 Å². The summed E-state index contributed by atoms with van der Waals surface area (Å²) >= 11 is -1.61. The zero-order valence-electron chi connectivity index (χ0n) is 14.1. The van der Waals surface area contributed by atoms with Crippen LogP contribution in [0.1, 0.15) is 33.3 Å². The van der Waals surface area contributed by atoms with E-state index in [-0.39, 0.29) is 19.1 Å². The number of carbonyl (C=O) groups is 1. The van der Waals surface area contributed by atoms with E-state index < -0.39 is 22.1 Å². The predicted molar refractivity (Wildman–Crippen MR) is 90.0 cm³/mol. The maximum atomic E-state index is 12.3. The van der Waals surface area contributed by atoms with Crippen LogP contribution in [0.2, 0.25) is 0 Å². The molecular weight excluding hydrogens is 318 g/mol. The average molecular weight is 341 g/mol. The van der Waals surface area contributed by atoms with Crippen LogP contribution in [0.3, 0.4) is 0 Å². The number of carbonyl (C=O) groups excluding carboxylic acids is 1. The molecule has 6 nitrogen and oxygen atoms in total. The molecule has 0 aromatic heterocycles. The van der Waals surface area contributed by atoms with Gasteiger partial charge in [-0.2, -0.15) is 0 Å². The van der Waals surface area contributed by atoms with Crippen LogP contribution < -0.4 is 4.74 Å². The maximum Gasteiger partial charge on any atom is 0.362 e. The Hall–Kier alpha value is -1.57. The maximum absolute atomic E-state index is 12.3. The van der Waals surface area contributed by atoms with Crippen molar-refractivity contribution in [1.82, 2.24) is 0 Å². The van der Waals surface area contributed by atoms with E-state index in [4.69, 9.17) is 14.2 Å². The third kappa shape index (κ3) is 5.85. The Kier molecular flexibility index (Phi) is 7.54. The molecule has 0 amide bonds. The SMILES string of the molecule is CCOC(=O)/C(=N\[S+]([O-])C(C)(C)C)c1ccccc1OCOC. The normalized spacial score (nSPS) is 13.6. The molecule has 0 N–H and O–H groups in total. The summed E-state index contributed by atoms with van der Waals surface area (Å²) in [5.74, 6) is -0.231.